The van der Waals surface area contributed by atoms with Gasteiger partial charge < -0.3 is 19.3 Å². The Morgan fingerprint density at radius 2 is 1.82 bits per heavy atom. The minimum absolute atomic E-state index is 0.0765. The molecule has 1 aliphatic heterocycles. The quantitative estimate of drug-likeness (QED) is 0.358. The first kappa shape index (κ1) is 26.0. The highest BCUT2D eigenvalue weighted by atomic mass is 32.1. The average Bonchev–Trinajstić information content (AvgIpc) is 3.28. The van der Waals surface area contributed by atoms with Crippen LogP contribution in [0.4, 0.5) is 0 Å². The van der Waals surface area contributed by atoms with Crippen molar-refractivity contribution in [3.05, 3.63) is 115 Å². The van der Waals surface area contributed by atoms with Gasteiger partial charge in [-0.2, -0.15) is 0 Å². The summed E-state index contributed by atoms with van der Waals surface area (Å²) in [6.45, 7) is 1.89. The number of rotatable bonds is 7. The first-order valence-electron chi connectivity index (χ1n) is 12.2. The molecule has 0 unspecified atom stereocenters. The zero-order valence-electron chi connectivity index (χ0n) is 21.6. The Bertz CT molecular complexity index is 1750. The van der Waals surface area contributed by atoms with Crippen LogP contribution in [0.5, 0.6) is 17.2 Å². The van der Waals surface area contributed by atoms with Crippen molar-refractivity contribution in [2.24, 2.45) is 4.99 Å². The molecule has 39 heavy (non-hydrogen) atoms. The van der Waals surface area contributed by atoms with Crippen molar-refractivity contribution in [2.75, 3.05) is 20.8 Å². The molecule has 5 rings (SSSR count). The standard InChI is InChI=1S/C30H26N2O6S/c1-4-38-29(35)24-25(18-10-6-5-7-11-18)31-30-32(26(24)19-12-8-14-21(16-19)36-2)28(34)23(39-30)17-20-13-9-15-22(37-3)27(20)33/h5-17,26,33H,4H2,1-3H3/t26-/m0/s1. The Morgan fingerprint density at radius 3 is 2.54 bits per heavy atom. The van der Waals surface area contributed by atoms with Gasteiger partial charge in [0.05, 0.1) is 42.7 Å². The minimum Gasteiger partial charge on any atom is -0.504 e. The molecule has 0 spiro atoms. The number of ether oxygens (including phenoxy) is 3. The number of phenols is 1. The highest BCUT2D eigenvalue weighted by Gasteiger charge is 2.35. The van der Waals surface area contributed by atoms with Crippen molar-refractivity contribution < 1.29 is 24.1 Å². The summed E-state index contributed by atoms with van der Waals surface area (Å²) in [4.78, 5) is 32.7. The lowest BCUT2D eigenvalue weighted by Crippen LogP contribution is -2.40. The number of aromatic nitrogens is 1. The number of para-hydroxylation sites is 1. The van der Waals surface area contributed by atoms with Crippen molar-refractivity contribution in [3.8, 4) is 17.2 Å². The third kappa shape index (κ3) is 4.84. The SMILES string of the molecule is CCOC(=O)C1=C(c2ccccc2)N=c2sc(=Cc3cccc(OC)c3O)c(=O)n2[C@H]1c1cccc(OC)c1. The highest BCUT2D eigenvalue weighted by molar-refractivity contribution is 7.07. The average molecular weight is 543 g/mol. The molecule has 1 aliphatic rings. The molecule has 1 aromatic heterocycles. The second kappa shape index (κ2) is 11.0. The number of hydrogen-bond acceptors (Lipinski definition) is 8. The molecule has 4 aromatic rings. The summed E-state index contributed by atoms with van der Waals surface area (Å²) in [5.74, 6) is 0.235. The van der Waals surface area contributed by atoms with Crippen molar-refractivity contribution >= 4 is 29.1 Å². The van der Waals surface area contributed by atoms with Crippen LogP contribution in [0.25, 0.3) is 11.8 Å². The van der Waals surface area contributed by atoms with Crippen LogP contribution in [0, 0.1) is 0 Å². The summed E-state index contributed by atoms with van der Waals surface area (Å²) in [6, 6.07) is 20.8. The fourth-order valence-electron chi connectivity index (χ4n) is 4.53. The molecule has 198 valence electrons. The van der Waals surface area contributed by atoms with Crippen LogP contribution in [-0.4, -0.2) is 36.5 Å². The number of carbonyl (C=O) groups excluding carboxylic acids is 1. The summed E-state index contributed by atoms with van der Waals surface area (Å²) in [6.07, 6.45) is 1.60. The number of hydrogen-bond donors (Lipinski definition) is 1. The maximum Gasteiger partial charge on any atom is 0.338 e. The molecule has 0 aliphatic carbocycles. The Balaban J connectivity index is 1.84. The first-order valence-corrected chi connectivity index (χ1v) is 13.1. The Kier molecular flexibility index (Phi) is 7.33. The Labute approximate surface area is 228 Å². The molecule has 2 heterocycles. The molecule has 3 aromatic carbocycles. The topological polar surface area (TPSA) is 99.4 Å². The van der Waals surface area contributed by atoms with Gasteiger partial charge in [-0.25, -0.2) is 9.79 Å². The van der Waals surface area contributed by atoms with Crippen LogP contribution in [0.1, 0.15) is 29.7 Å². The monoisotopic (exact) mass is 542 g/mol. The van der Waals surface area contributed by atoms with E-state index in [2.05, 4.69) is 0 Å². The van der Waals surface area contributed by atoms with Crippen LogP contribution in [0.15, 0.2) is 88.2 Å². The number of methoxy groups -OCH3 is 2. The number of fused-ring (bicyclic) bond motifs is 1. The maximum absolute atomic E-state index is 14.0. The molecule has 0 saturated heterocycles. The van der Waals surface area contributed by atoms with Gasteiger partial charge in [-0.1, -0.05) is 65.9 Å². The lowest BCUT2D eigenvalue weighted by Gasteiger charge is -2.26. The summed E-state index contributed by atoms with van der Waals surface area (Å²) < 4.78 is 18.0. The van der Waals surface area contributed by atoms with Crippen LogP contribution in [-0.2, 0) is 9.53 Å². The van der Waals surface area contributed by atoms with Crippen LogP contribution >= 0.6 is 11.3 Å². The normalized spacial score (nSPS) is 14.9. The Hall–Kier alpha value is -4.63. The molecule has 8 nitrogen and oxygen atoms in total. The number of esters is 1. The van der Waals surface area contributed by atoms with Crippen molar-refractivity contribution in [3.63, 3.8) is 0 Å². The lowest BCUT2D eigenvalue weighted by molar-refractivity contribution is -0.138. The van der Waals surface area contributed by atoms with Gasteiger partial charge in [-0.3, -0.25) is 9.36 Å². The van der Waals surface area contributed by atoms with Gasteiger partial charge in [0.1, 0.15) is 5.75 Å². The van der Waals surface area contributed by atoms with Crippen LogP contribution in [0.2, 0.25) is 0 Å². The van der Waals surface area contributed by atoms with E-state index in [1.165, 1.54) is 23.0 Å². The van der Waals surface area contributed by atoms with E-state index in [4.69, 9.17) is 19.2 Å². The van der Waals surface area contributed by atoms with Crippen LogP contribution < -0.4 is 24.4 Å². The van der Waals surface area contributed by atoms with E-state index in [1.54, 1.807) is 50.4 Å². The third-order valence-corrected chi connectivity index (χ3v) is 7.30. The number of benzene rings is 3. The molecular weight excluding hydrogens is 516 g/mol. The molecule has 0 amide bonds. The molecule has 9 heteroatoms. The number of phenolic OH excluding ortho intramolecular Hbond substituents is 1. The number of carbonyl (C=O) groups is 1. The van der Waals surface area contributed by atoms with E-state index in [1.807, 2.05) is 42.5 Å². The molecule has 0 bridgehead atoms. The number of aromatic hydroxyl groups is 1. The summed E-state index contributed by atoms with van der Waals surface area (Å²) in [5.41, 5.74) is 2.13. The van der Waals surface area contributed by atoms with E-state index < -0.39 is 12.0 Å². The summed E-state index contributed by atoms with van der Waals surface area (Å²) >= 11 is 1.17. The van der Waals surface area contributed by atoms with Crippen LogP contribution in [0.3, 0.4) is 0 Å². The van der Waals surface area contributed by atoms with E-state index in [0.717, 1.165) is 5.56 Å². The van der Waals surface area contributed by atoms with E-state index in [0.29, 0.717) is 37.7 Å². The predicted molar refractivity (Wildman–Crippen MR) is 149 cm³/mol. The van der Waals surface area contributed by atoms with Gasteiger partial charge in [0.25, 0.3) is 5.56 Å². The Morgan fingerprint density at radius 1 is 1.05 bits per heavy atom. The van der Waals surface area contributed by atoms with Gasteiger partial charge in [0.2, 0.25) is 0 Å². The summed E-state index contributed by atoms with van der Waals surface area (Å²) in [5, 5.41) is 10.6. The fourth-order valence-corrected chi connectivity index (χ4v) is 5.52. The molecule has 1 atom stereocenters. The van der Waals surface area contributed by atoms with E-state index in [-0.39, 0.29) is 23.5 Å². The highest BCUT2D eigenvalue weighted by Crippen LogP contribution is 2.36. The predicted octanol–water partition coefficient (Wildman–Crippen LogP) is 3.66. The molecule has 1 N–H and O–H groups in total. The first-order chi connectivity index (χ1) is 19.0. The van der Waals surface area contributed by atoms with Gasteiger partial charge in [0, 0.05) is 11.1 Å². The van der Waals surface area contributed by atoms with E-state index in [9.17, 15) is 14.7 Å². The van der Waals surface area contributed by atoms with E-state index >= 15 is 0 Å². The summed E-state index contributed by atoms with van der Waals surface area (Å²) in [7, 11) is 3.02. The van der Waals surface area contributed by atoms with Crippen molar-refractivity contribution in [2.45, 2.75) is 13.0 Å². The molecule has 0 fully saturated rings. The van der Waals surface area contributed by atoms with Gasteiger partial charge in [0.15, 0.2) is 16.3 Å². The second-order valence-corrected chi connectivity index (χ2v) is 9.62. The molecule has 0 saturated carbocycles. The second-order valence-electron chi connectivity index (χ2n) is 8.61. The van der Waals surface area contributed by atoms with Crippen molar-refractivity contribution in [1.82, 2.24) is 4.57 Å². The smallest absolute Gasteiger partial charge is 0.338 e. The molecule has 0 radical (unpaired) electrons. The van der Waals surface area contributed by atoms with Gasteiger partial charge in [-0.05, 0) is 36.8 Å². The largest absolute Gasteiger partial charge is 0.504 e. The molecular formula is C30H26N2O6S. The fraction of sp³-hybridized carbons (Fsp3) is 0.167. The third-order valence-electron chi connectivity index (χ3n) is 6.32. The zero-order chi connectivity index (χ0) is 27.5. The van der Waals surface area contributed by atoms with Gasteiger partial charge >= 0.3 is 5.97 Å². The number of nitrogens with zero attached hydrogens (tertiary/aromatic N) is 2. The van der Waals surface area contributed by atoms with Gasteiger partial charge in [-0.15, -0.1) is 0 Å². The minimum atomic E-state index is -0.827. The number of thiazole rings is 1. The lowest BCUT2D eigenvalue weighted by atomic mass is 9.93. The maximum atomic E-state index is 14.0. The zero-order valence-corrected chi connectivity index (χ0v) is 22.4. The van der Waals surface area contributed by atoms with Crippen molar-refractivity contribution in [1.29, 1.82) is 0 Å².